The highest BCUT2D eigenvalue weighted by atomic mass is 14.2. The lowest BCUT2D eigenvalue weighted by molar-refractivity contribution is 0.234. The molecule has 0 aliphatic carbocycles. The Morgan fingerprint density at radius 2 is 1.47 bits per heavy atom. The summed E-state index contributed by atoms with van der Waals surface area (Å²) in [4.78, 5) is 0. The molecule has 0 radical (unpaired) electrons. The van der Waals surface area contributed by atoms with E-state index in [1.807, 2.05) is 0 Å². The van der Waals surface area contributed by atoms with Crippen molar-refractivity contribution in [2.45, 2.75) is 73.6 Å². The molecule has 0 heterocycles. The average molecular weight is 212 g/mol. The molecular weight excluding hydrogens is 180 g/mol. The molecule has 0 spiro atoms. The highest BCUT2D eigenvalue weighted by Gasteiger charge is 2.19. The molecule has 0 heteroatoms. The molecule has 0 fully saturated rings. The van der Waals surface area contributed by atoms with Crippen LogP contribution in [-0.4, -0.2) is 0 Å². The van der Waals surface area contributed by atoms with Gasteiger partial charge in [0.1, 0.15) is 0 Å². The molecule has 0 saturated carbocycles. The summed E-state index contributed by atoms with van der Waals surface area (Å²) < 4.78 is 0. The van der Waals surface area contributed by atoms with Crippen molar-refractivity contribution in [1.29, 1.82) is 0 Å². The van der Waals surface area contributed by atoms with E-state index < -0.39 is 0 Å². The van der Waals surface area contributed by atoms with Gasteiger partial charge in [0.25, 0.3) is 0 Å². The van der Waals surface area contributed by atoms with E-state index in [-0.39, 0.29) is 0 Å². The van der Waals surface area contributed by atoms with Gasteiger partial charge < -0.3 is 0 Å². The maximum atomic E-state index is 2.46. The molecule has 0 aliphatic rings. The first-order chi connectivity index (χ1) is 7.01. The van der Waals surface area contributed by atoms with Gasteiger partial charge in [0.05, 0.1) is 0 Å². The van der Waals surface area contributed by atoms with Crippen molar-refractivity contribution in [3.8, 4) is 0 Å². The molecule has 0 rings (SSSR count). The molecule has 0 N–H and O–H groups in total. The fourth-order valence-electron chi connectivity index (χ4n) is 2.54. The monoisotopic (exact) mass is 212 g/mol. The average Bonchev–Trinajstić information content (AvgIpc) is 2.16. The third-order valence-corrected chi connectivity index (χ3v) is 3.72. The molecule has 0 bridgehead atoms. The lowest BCUT2D eigenvalue weighted by atomic mass is 9.78. The van der Waals surface area contributed by atoms with Crippen molar-refractivity contribution in [1.82, 2.24) is 0 Å². The van der Waals surface area contributed by atoms with E-state index in [1.54, 1.807) is 0 Å². The number of hydrogen-bond donors (Lipinski definition) is 0. The van der Waals surface area contributed by atoms with Gasteiger partial charge in [0.15, 0.2) is 0 Å². The molecule has 0 amide bonds. The molecule has 0 aromatic carbocycles. The van der Waals surface area contributed by atoms with Crippen LogP contribution in [0, 0.1) is 23.7 Å². The largest absolute Gasteiger partial charge is 0.0654 e. The maximum Gasteiger partial charge on any atom is -0.0384 e. The highest BCUT2D eigenvalue weighted by Crippen LogP contribution is 2.30. The van der Waals surface area contributed by atoms with Gasteiger partial charge >= 0.3 is 0 Å². The molecule has 0 nitrogen and oxygen atoms in total. The van der Waals surface area contributed by atoms with E-state index in [1.165, 1.54) is 32.1 Å². The van der Waals surface area contributed by atoms with Crippen molar-refractivity contribution in [3.63, 3.8) is 0 Å². The molecule has 0 aliphatic heterocycles. The molecule has 0 saturated heterocycles. The minimum atomic E-state index is 0.860. The van der Waals surface area contributed by atoms with Gasteiger partial charge in [-0.15, -0.1) is 0 Å². The molecule has 3 atom stereocenters. The number of rotatable bonds is 8. The second kappa shape index (κ2) is 8.19. The van der Waals surface area contributed by atoms with Gasteiger partial charge in [0, 0.05) is 0 Å². The first-order valence-electron chi connectivity index (χ1n) is 7.01. The van der Waals surface area contributed by atoms with Crippen LogP contribution >= 0.6 is 0 Å². The molecule has 0 aromatic rings. The summed E-state index contributed by atoms with van der Waals surface area (Å²) in [5.74, 6) is 3.65. The van der Waals surface area contributed by atoms with Gasteiger partial charge in [0.2, 0.25) is 0 Å². The van der Waals surface area contributed by atoms with Gasteiger partial charge in [-0.2, -0.15) is 0 Å². The summed E-state index contributed by atoms with van der Waals surface area (Å²) in [7, 11) is 0. The Bertz CT molecular complexity index is 137. The highest BCUT2D eigenvalue weighted by molar-refractivity contribution is 4.70. The Balaban J connectivity index is 4.16. The van der Waals surface area contributed by atoms with E-state index in [9.17, 15) is 0 Å². The Kier molecular flexibility index (Phi) is 8.19. The van der Waals surface area contributed by atoms with Crippen LogP contribution in [0.25, 0.3) is 0 Å². The maximum absolute atomic E-state index is 2.46. The van der Waals surface area contributed by atoms with Crippen LogP contribution in [0.3, 0.4) is 0 Å². The van der Waals surface area contributed by atoms with Crippen LogP contribution in [0.5, 0.6) is 0 Å². The van der Waals surface area contributed by atoms with Gasteiger partial charge in [-0.05, 0) is 36.5 Å². The summed E-state index contributed by atoms with van der Waals surface area (Å²) in [5.41, 5.74) is 0. The Morgan fingerprint density at radius 3 is 1.87 bits per heavy atom. The molecular formula is C15H32. The van der Waals surface area contributed by atoms with Crippen LogP contribution < -0.4 is 0 Å². The fraction of sp³-hybridized carbons (Fsp3) is 1.00. The van der Waals surface area contributed by atoms with E-state index in [4.69, 9.17) is 0 Å². The summed E-state index contributed by atoms with van der Waals surface area (Å²) >= 11 is 0. The van der Waals surface area contributed by atoms with Crippen molar-refractivity contribution in [2.24, 2.45) is 23.7 Å². The van der Waals surface area contributed by atoms with Crippen molar-refractivity contribution < 1.29 is 0 Å². The lowest BCUT2D eigenvalue weighted by Crippen LogP contribution is -2.17. The quantitative estimate of drug-likeness (QED) is 0.497. The minimum absolute atomic E-state index is 0.860. The van der Waals surface area contributed by atoms with Crippen molar-refractivity contribution >= 4 is 0 Å². The Morgan fingerprint density at radius 1 is 0.867 bits per heavy atom. The van der Waals surface area contributed by atoms with Gasteiger partial charge in [-0.3, -0.25) is 0 Å². The second-order valence-corrected chi connectivity index (χ2v) is 5.90. The van der Waals surface area contributed by atoms with Crippen LogP contribution in [0.15, 0.2) is 0 Å². The van der Waals surface area contributed by atoms with Crippen molar-refractivity contribution in [3.05, 3.63) is 0 Å². The van der Waals surface area contributed by atoms with Crippen LogP contribution in [0.4, 0.5) is 0 Å². The third-order valence-electron chi connectivity index (χ3n) is 3.72. The van der Waals surface area contributed by atoms with E-state index in [0.717, 1.165) is 23.7 Å². The zero-order chi connectivity index (χ0) is 11.8. The smallest absolute Gasteiger partial charge is 0.0384 e. The van der Waals surface area contributed by atoms with Crippen molar-refractivity contribution in [2.75, 3.05) is 0 Å². The number of hydrogen-bond acceptors (Lipinski definition) is 0. The predicted octanol–water partition coefficient (Wildman–Crippen LogP) is 5.52. The molecule has 92 valence electrons. The summed E-state index contributed by atoms with van der Waals surface area (Å²) in [6.45, 7) is 14.2. The summed E-state index contributed by atoms with van der Waals surface area (Å²) in [5, 5.41) is 0. The summed E-state index contributed by atoms with van der Waals surface area (Å²) in [6.07, 6.45) is 6.96. The molecule has 15 heavy (non-hydrogen) atoms. The van der Waals surface area contributed by atoms with Gasteiger partial charge in [-0.1, -0.05) is 60.8 Å². The SMILES string of the molecule is CCCC(C)C(CC(C)C)CC(C)CC. The lowest BCUT2D eigenvalue weighted by Gasteiger charge is -2.27. The van der Waals surface area contributed by atoms with E-state index in [2.05, 4.69) is 41.5 Å². The topological polar surface area (TPSA) is 0 Å². The van der Waals surface area contributed by atoms with Crippen LogP contribution in [-0.2, 0) is 0 Å². The normalized spacial score (nSPS) is 17.8. The second-order valence-electron chi connectivity index (χ2n) is 5.90. The van der Waals surface area contributed by atoms with Crippen LogP contribution in [0.1, 0.15) is 73.6 Å². The molecule has 0 aromatic heterocycles. The first-order valence-corrected chi connectivity index (χ1v) is 7.01. The van der Waals surface area contributed by atoms with Crippen LogP contribution in [0.2, 0.25) is 0 Å². The zero-order valence-electron chi connectivity index (χ0n) is 11.8. The predicted molar refractivity (Wildman–Crippen MR) is 71.1 cm³/mol. The Hall–Kier alpha value is 0. The zero-order valence-corrected chi connectivity index (χ0v) is 11.8. The molecule has 3 unspecified atom stereocenters. The third kappa shape index (κ3) is 6.98. The van der Waals surface area contributed by atoms with E-state index in [0.29, 0.717) is 0 Å². The van der Waals surface area contributed by atoms with E-state index >= 15 is 0 Å². The first kappa shape index (κ1) is 15.0. The Labute approximate surface area is 97.8 Å². The fourth-order valence-corrected chi connectivity index (χ4v) is 2.54. The standard InChI is InChI=1S/C15H32/c1-7-9-14(6)15(10-12(3)4)11-13(5)8-2/h12-15H,7-11H2,1-6H3. The van der Waals surface area contributed by atoms with Gasteiger partial charge in [-0.25, -0.2) is 0 Å². The minimum Gasteiger partial charge on any atom is -0.0654 e. The summed E-state index contributed by atoms with van der Waals surface area (Å²) in [6, 6.07) is 0.